The first-order valence-electron chi connectivity index (χ1n) is 11.7. The van der Waals surface area contributed by atoms with E-state index in [1.807, 2.05) is 82.4 Å². The molecule has 0 fully saturated rings. The molecule has 0 aliphatic heterocycles. The molecule has 0 atom stereocenters. The van der Waals surface area contributed by atoms with Crippen LogP contribution >= 0.6 is 0 Å². The summed E-state index contributed by atoms with van der Waals surface area (Å²) in [4.78, 5) is 28.6. The van der Waals surface area contributed by atoms with Gasteiger partial charge in [0.1, 0.15) is 6.54 Å². The number of hydrogen-bond donors (Lipinski definition) is 0. The smallest absolute Gasteiger partial charge is 0.242 e. The normalized spacial score (nSPS) is 11.0. The molecule has 0 aliphatic rings. The summed E-state index contributed by atoms with van der Waals surface area (Å²) in [5.74, 6) is 0.0766. The zero-order valence-corrected chi connectivity index (χ0v) is 19.3. The highest BCUT2D eigenvalue weighted by Gasteiger charge is 2.17. The lowest BCUT2D eigenvalue weighted by Gasteiger charge is -2.23. The molecule has 1 heterocycles. The Labute approximate surface area is 195 Å². The van der Waals surface area contributed by atoms with Crippen LogP contribution in [0.1, 0.15) is 26.7 Å². The summed E-state index contributed by atoms with van der Waals surface area (Å²) < 4.78 is 1.95. The maximum atomic E-state index is 13.4. The van der Waals surface area contributed by atoms with E-state index in [1.54, 1.807) is 0 Å². The SMILES string of the molecule is CCCN(CCC)C(=O)Cn1cc(-c2ccccc2)c(=O)c2ccc(-c3ccccc3)cc21. The molecular formula is C29H30N2O2. The maximum absolute atomic E-state index is 13.4. The fourth-order valence-corrected chi connectivity index (χ4v) is 4.30. The highest BCUT2D eigenvalue weighted by atomic mass is 16.2. The van der Waals surface area contributed by atoms with Crippen LogP contribution in [0.25, 0.3) is 33.2 Å². The summed E-state index contributed by atoms with van der Waals surface area (Å²) in [7, 11) is 0. The number of fused-ring (bicyclic) bond motifs is 1. The lowest BCUT2D eigenvalue weighted by molar-refractivity contribution is -0.131. The van der Waals surface area contributed by atoms with E-state index in [9.17, 15) is 9.59 Å². The van der Waals surface area contributed by atoms with Gasteiger partial charge in [-0.2, -0.15) is 0 Å². The molecule has 0 bridgehead atoms. The van der Waals surface area contributed by atoms with Gasteiger partial charge < -0.3 is 9.47 Å². The lowest BCUT2D eigenvalue weighted by Crippen LogP contribution is -2.35. The molecule has 1 amide bonds. The number of carbonyl (C=O) groups is 1. The van der Waals surface area contributed by atoms with Gasteiger partial charge in [-0.25, -0.2) is 0 Å². The third-order valence-electron chi connectivity index (χ3n) is 5.92. The van der Waals surface area contributed by atoms with E-state index in [0.29, 0.717) is 10.9 Å². The van der Waals surface area contributed by atoms with Crippen molar-refractivity contribution in [1.29, 1.82) is 0 Å². The summed E-state index contributed by atoms with van der Waals surface area (Å²) in [6, 6.07) is 25.7. The number of carbonyl (C=O) groups excluding carboxylic acids is 1. The van der Waals surface area contributed by atoms with Crippen molar-refractivity contribution in [2.75, 3.05) is 13.1 Å². The van der Waals surface area contributed by atoms with Gasteiger partial charge in [0.05, 0.1) is 5.52 Å². The lowest BCUT2D eigenvalue weighted by atomic mass is 10.0. The summed E-state index contributed by atoms with van der Waals surface area (Å²) in [6.07, 6.45) is 3.69. The van der Waals surface area contributed by atoms with Gasteiger partial charge in [-0.05, 0) is 41.7 Å². The van der Waals surface area contributed by atoms with Crippen molar-refractivity contribution in [2.45, 2.75) is 33.2 Å². The van der Waals surface area contributed by atoms with Crippen molar-refractivity contribution in [3.05, 3.63) is 95.3 Å². The Morgan fingerprint density at radius 3 is 2.00 bits per heavy atom. The molecule has 33 heavy (non-hydrogen) atoms. The number of rotatable bonds is 8. The standard InChI is InChI=1S/C29H30N2O2/c1-3-17-30(18-4-2)28(32)21-31-20-26(23-13-9-6-10-14-23)29(33)25-16-15-24(19-27(25)31)22-11-7-5-8-12-22/h5-16,19-20H,3-4,17-18,21H2,1-2H3. The minimum absolute atomic E-state index is 0.0153. The molecule has 0 saturated carbocycles. The number of benzene rings is 3. The van der Waals surface area contributed by atoms with Crippen LogP contribution in [-0.4, -0.2) is 28.5 Å². The predicted molar refractivity (Wildman–Crippen MR) is 136 cm³/mol. The van der Waals surface area contributed by atoms with Gasteiger partial charge in [0.2, 0.25) is 5.91 Å². The van der Waals surface area contributed by atoms with Crippen molar-refractivity contribution in [3.63, 3.8) is 0 Å². The Morgan fingerprint density at radius 1 is 0.788 bits per heavy atom. The first kappa shape index (κ1) is 22.5. The molecule has 0 saturated heterocycles. The molecule has 0 N–H and O–H groups in total. The van der Waals surface area contributed by atoms with Crippen LogP contribution in [0.3, 0.4) is 0 Å². The van der Waals surface area contributed by atoms with Gasteiger partial charge in [-0.3, -0.25) is 9.59 Å². The second-order valence-electron chi connectivity index (χ2n) is 8.34. The molecule has 0 unspecified atom stereocenters. The van der Waals surface area contributed by atoms with Crippen LogP contribution in [0.4, 0.5) is 0 Å². The highest BCUT2D eigenvalue weighted by molar-refractivity contribution is 5.89. The number of pyridine rings is 1. The van der Waals surface area contributed by atoms with E-state index in [0.717, 1.165) is 48.1 Å². The molecular weight excluding hydrogens is 408 g/mol. The third-order valence-corrected chi connectivity index (χ3v) is 5.92. The Hall–Kier alpha value is -3.66. The summed E-state index contributed by atoms with van der Waals surface area (Å²) in [6.45, 7) is 5.86. The molecule has 4 aromatic rings. The van der Waals surface area contributed by atoms with Crippen molar-refractivity contribution >= 4 is 16.8 Å². The van der Waals surface area contributed by atoms with Crippen molar-refractivity contribution in [3.8, 4) is 22.3 Å². The molecule has 0 spiro atoms. The van der Waals surface area contributed by atoms with Crippen LogP contribution in [0.15, 0.2) is 89.9 Å². The third kappa shape index (κ3) is 4.90. The topological polar surface area (TPSA) is 42.3 Å². The highest BCUT2D eigenvalue weighted by Crippen LogP contribution is 2.26. The molecule has 4 heteroatoms. The van der Waals surface area contributed by atoms with Crippen molar-refractivity contribution in [2.24, 2.45) is 0 Å². The Bertz CT molecular complexity index is 1290. The number of amides is 1. The van der Waals surface area contributed by atoms with Gasteiger partial charge in [-0.15, -0.1) is 0 Å². The van der Waals surface area contributed by atoms with Gasteiger partial charge in [0, 0.05) is 30.2 Å². The van der Waals surface area contributed by atoms with Crippen LogP contribution in [0, 0.1) is 0 Å². The van der Waals surface area contributed by atoms with E-state index >= 15 is 0 Å². The van der Waals surface area contributed by atoms with E-state index in [-0.39, 0.29) is 17.9 Å². The minimum Gasteiger partial charge on any atom is -0.341 e. The molecule has 1 aromatic heterocycles. The fraction of sp³-hybridized carbons (Fsp3) is 0.241. The molecule has 4 nitrogen and oxygen atoms in total. The first-order chi connectivity index (χ1) is 16.1. The largest absolute Gasteiger partial charge is 0.341 e. The minimum atomic E-state index is -0.0153. The molecule has 3 aromatic carbocycles. The Kier molecular flexibility index (Phi) is 7.04. The van der Waals surface area contributed by atoms with Crippen LogP contribution in [0.5, 0.6) is 0 Å². The first-order valence-corrected chi connectivity index (χ1v) is 11.7. The second-order valence-corrected chi connectivity index (χ2v) is 8.34. The van der Waals surface area contributed by atoms with E-state index in [1.165, 1.54) is 0 Å². The van der Waals surface area contributed by atoms with Gasteiger partial charge >= 0.3 is 0 Å². The quantitative estimate of drug-likeness (QED) is 0.339. The van der Waals surface area contributed by atoms with Gasteiger partial charge in [-0.1, -0.05) is 80.6 Å². The number of aromatic nitrogens is 1. The zero-order chi connectivity index (χ0) is 23.2. The van der Waals surface area contributed by atoms with Crippen molar-refractivity contribution < 1.29 is 4.79 Å². The summed E-state index contributed by atoms with van der Waals surface area (Å²) >= 11 is 0. The zero-order valence-electron chi connectivity index (χ0n) is 19.3. The van der Waals surface area contributed by atoms with Crippen LogP contribution in [0.2, 0.25) is 0 Å². The van der Waals surface area contributed by atoms with Gasteiger partial charge in [0.15, 0.2) is 5.43 Å². The second kappa shape index (κ2) is 10.3. The van der Waals surface area contributed by atoms with Crippen LogP contribution < -0.4 is 5.43 Å². The average Bonchev–Trinajstić information content (AvgIpc) is 2.86. The summed E-state index contributed by atoms with van der Waals surface area (Å²) in [5, 5.41) is 0.626. The van der Waals surface area contributed by atoms with E-state index in [4.69, 9.17) is 0 Å². The molecule has 4 rings (SSSR count). The Morgan fingerprint density at radius 2 is 1.39 bits per heavy atom. The molecule has 0 radical (unpaired) electrons. The number of nitrogens with zero attached hydrogens (tertiary/aromatic N) is 2. The summed E-state index contributed by atoms with van der Waals surface area (Å²) in [5.41, 5.74) is 4.34. The van der Waals surface area contributed by atoms with Crippen molar-refractivity contribution in [1.82, 2.24) is 9.47 Å². The molecule has 0 aliphatic carbocycles. The Balaban J connectivity index is 1.87. The average molecular weight is 439 g/mol. The fourth-order valence-electron chi connectivity index (χ4n) is 4.30. The van der Waals surface area contributed by atoms with E-state index in [2.05, 4.69) is 26.0 Å². The van der Waals surface area contributed by atoms with E-state index < -0.39 is 0 Å². The van der Waals surface area contributed by atoms with Gasteiger partial charge in [0.25, 0.3) is 0 Å². The monoisotopic (exact) mass is 438 g/mol. The molecule has 168 valence electrons. The number of hydrogen-bond acceptors (Lipinski definition) is 2. The maximum Gasteiger partial charge on any atom is 0.242 e. The van der Waals surface area contributed by atoms with Crippen LogP contribution in [-0.2, 0) is 11.3 Å². The predicted octanol–water partition coefficient (Wildman–Crippen LogP) is 5.98.